The lowest BCUT2D eigenvalue weighted by atomic mass is 10.1. The molecule has 0 unspecified atom stereocenters. The Morgan fingerprint density at radius 2 is 2.54 bits per heavy atom. The summed E-state index contributed by atoms with van der Waals surface area (Å²) in [6.07, 6.45) is 4.77. The summed E-state index contributed by atoms with van der Waals surface area (Å²) in [5.74, 6) is 0.899. The SMILES string of the molecule is Cc1ccncc1OC[C@@H]1CCN1. The number of pyridine rings is 1. The zero-order valence-corrected chi connectivity index (χ0v) is 7.79. The summed E-state index contributed by atoms with van der Waals surface area (Å²) in [5.41, 5.74) is 1.15. The minimum atomic E-state index is 0.541. The van der Waals surface area contributed by atoms with E-state index in [0.29, 0.717) is 6.04 Å². The molecule has 0 aromatic carbocycles. The van der Waals surface area contributed by atoms with Gasteiger partial charge in [-0.3, -0.25) is 4.98 Å². The van der Waals surface area contributed by atoms with Crippen LogP contribution in [0.15, 0.2) is 18.5 Å². The first-order chi connectivity index (χ1) is 6.36. The van der Waals surface area contributed by atoms with Crippen molar-refractivity contribution in [3.63, 3.8) is 0 Å². The number of hydrogen-bond acceptors (Lipinski definition) is 3. The van der Waals surface area contributed by atoms with E-state index < -0.39 is 0 Å². The molecule has 1 N–H and O–H groups in total. The number of aromatic nitrogens is 1. The standard InChI is InChI=1S/C10H14N2O/c1-8-2-4-11-6-10(8)13-7-9-3-5-12-9/h2,4,6,9,12H,3,5,7H2,1H3/t9-/m0/s1. The van der Waals surface area contributed by atoms with Gasteiger partial charge < -0.3 is 10.1 Å². The molecule has 0 spiro atoms. The van der Waals surface area contributed by atoms with Crippen molar-refractivity contribution >= 4 is 0 Å². The van der Waals surface area contributed by atoms with Crippen LogP contribution in [0.2, 0.25) is 0 Å². The van der Waals surface area contributed by atoms with Crippen LogP contribution in [0.25, 0.3) is 0 Å². The van der Waals surface area contributed by atoms with Crippen LogP contribution in [0.1, 0.15) is 12.0 Å². The average molecular weight is 178 g/mol. The van der Waals surface area contributed by atoms with E-state index in [4.69, 9.17) is 4.74 Å². The van der Waals surface area contributed by atoms with Crippen molar-refractivity contribution < 1.29 is 4.74 Å². The van der Waals surface area contributed by atoms with E-state index in [-0.39, 0.29) is 0 Å². The zero-order valence-electron chi connectivity index (χ0n) is 7.79. The van der Waals surface area contributed by atoms with Crippen LogP contribution in [-0.2, 0) is 0 Å². The Balaban J connectivity index is 1.89. The number of aryl methyl sites for hydroxylation is 1. The molecule has 0 radical (unpaired) electrons. The van der Waals surface area contributed by atoms with E-state index in [2.05, 4.69) is 10.3 Å². The third kappa shape index (κ3) is 1.98. The van der Waals surface area contributed by atoms with Gasteiger partial charge in [-0.25, -0.2) is 0 Å². The Labute approximate surface area is 78.1 Å². The maximum absolute atomic E-state index is 5.62. The first kappa shape index (κ1) is 8.51. The number of nitrogens with one attached hydrogen (secondary N) is 1. The van der Waals surface area contributed by atoms with Gasteiger partial charge in [0.1, 0.15) is 12.4 Å². The van der Waals surface area contributed by atoms with Crippen molar-refractivity contribution in [1.29, 1.82) is 0 Å². The van der Waals surface area contributed by atoms with Crippen molar-refractivity contribution in [2.24, 2.45) is 0 Å². The van der Waals surface area contributed by atoms with Crippen LogP contribution >= 0.6 is 0 Å². The first-order valence-corrected chi connectivity index (χ1v) is 4.63. The molecule has 1 aromatic rings. The summed E-state index contributed by atoms with van der Waals surface area (Å²) in [7, 11) is 0. The zero-order chi connectivity index (χ0) is 9.10. The highest BCUT2D eigenvalue weighted by Crippen LogP contribution is 2.15. The molecular formula is C10H14N2O. The van der Waals surface area contributed by atoms with E-state index in [1.165, 1.54) is 6.42 Å². The van der Waals surface area contributed by atoms with Crippen molar-refractivity contribution in [3.05, 3.63) is 24.0 Å². The van der Waals surface area contributed by atoms with Gasteiger partial charge in [0, 0.05) is 12.2 Å². The van der Waals surface area contributed by atoms with Crippen LogP contribution in [0.4, 0.5) is 0 Å². The van der Waals surface area contributed by atoms with E-state index in [1.54, 1.807) is 12.4 Å². The third-order valence-corrected chi connectivity index (χ3v) is 2.36. The second-order valence-corrected chi connectivity index (χ2v) is 3.39. The summed E-state index contributed by atoms with van der Waals surface area (Å²) in [6, 6.07) is 2.50. The Hall–Kier alpha value is -1.09. The van der Waals surface area contributed by atoms with E-state index >= 15 is 0 Å². The van der Waals surface area contributed by atoms with Crippen molar-refractivity contribution in [2.75, 3.05) is 13.2 Å². The molecule has 1 aliphatic heterocycles. The van der Waals surface area contributed by atoms with Gasteiger partial charge in [0.2, 0.25) is 0 Å². The molecular weight excluding hydrogens is 164 g/mol. The molecule has 0 saturated carbocycles. The monoisotopic (exact) mass is 178 g/mol. The molecule has 3 nitrogen and oxygen atoms in total. The molecule has 1 atom stereocenters. The summed E-state index contributed by atoms with van der Waals surface area (Å²) in [4.78, 5) is 4.02. The molecule has 1 fully saturated rings. The lowest BCUT2D eigenvalue weighted by Crippen LogP contribution is -2.46. The Morgan fingerprint density at radius 3 is 3.15 bits per heavy atom. The summed E-state index contributed by atoms with van der Waals surface area (Å²) in [5, 5.41) is 3.29. The molecule has 0 aliphatic carbocycles. The second kappa shape index (κ2) is 3.75. The second-order valence-electron chi connectivity index (χ2n) is 3.39. The van der Waals surface area contributed by atoms with Crippen LogP contribution in [0, 0.1) is 6.92 Å². The average Bonchev–Trinajstić information content (AvgIpc) is 2.05. The first-order valence-electron chi connectivity index (χ1n) is 4.63. The normalized spacial score (nSPS) is 20.8. The van der Waals surface area contributed by atoms with Gasteiger partial charge in [-0.05, 0) is 31.5 Å². The highest BCUT2D eigenvalue weighted by molar-refractivity contribution is 5.27. The maximum Gasteiger partial charge on any atom is 0.140 e. The smallest absolute Gasteiger partial charge is 0.140 e. The van der Waals surface area contributed by atoms with E-state index in [1.807, 2.05) is 13.0 Å². The van der Waals surface area contributed by atoms with E-state index in [0.717, 1.165) is 24.5 Å². The largest absolute Gasteiger partial charge is 0.490 e. The molecule has 3 heteroatoms. The van der Waals surface area contributed by atoms with Crippen LogP contribution in [0.3, 0.4) is 0 Å². The van der Waals surface area contributed by atoms with Gasteiger partial charge in [-0.2, -0.15) is 0 Å². The molecule has 70 valence electrons. The predicted octanol–water partition coefficient (Wildman–Crippen LogP) is 1.13. The van der Waals surface area contributed by atoms with Crippen molar-refractivity contribution in [3.8, 4) is 5.75 Å². The summed E-state index contributed by atoms with van der Waals surface area (Å²) >= 11 is 0. The van der Waals surface area contributed by atoms with Gasteiger partial charge in [-0.1, -0.05) is 0 Å². The highest BCUT2D eigenvalue weighted by atomic mass is 16.5. The molecule has 0 bridgehead atoms. The Bertz CT molecular complexity index is 284. The maximum atomic E-state index is 5.62. The van der Waals surface area contributed by atoms with Gasteiger partial charge in [0.05, 0.1) is 6.20 Å². The molecule has 2 rings (SSSR count). The van der Waals surface area contributed by atoms with Crippen LogP contribution in [-0.4, -0.2) is 24.2 Å². The molecule has 0 amide bonds. The number of nitrogens with zero attached hydrogens (tertiary/aromatic N) is 1. The molecule has 1 saturated heterocycles. The number of rotatable bonds is 3. The van der Waals surface area contributed by atoms with Gasteiger partial charge in [0.25, 0.3) is 0 Å². The topological polar surface area (TPSA) is 34.1 Å². The minimum absolute atomic E-state index is 0.541. The van der Waals surface area contributed by atoms with E-state index in [9.17, 15) is 0 Å². The van der Waals surface area contributed by atoms with Crippen molar-refractivity contribution in [1.82, 2.24) is 10.3 Å². The quantitative estimate of drug-likeness (QED) is 0.753. The number of hydrogen-bond donors (Lipinski definition) is 1. The molecule has 1 aliphatic rings. The number of ether oxygens (including phenoxy) is 1. The molecule has 13 heavy (non-hydrogen) atoms. The van der Waals surface area contributed by atoms with Gasteiger partial charge >= 0.3 is 0 Å². The van der Waals surface area contributed by atoms with Gasteiger partial charge in [-0.15, -0.1) is 0 Å². The minimum Gasteiger partial charge on any atom is -0.490 e. The fourth-order valence-corrected chi connectivity index (χ4v) is 1.28. The fraction of sp³-hybridized carbons (Fsp3) is 0.500. The molecule has 1 aromatic heterocycles. The summed E-state index contributed by atoms with van der Waals surface area (Å²) < 4.78 is 5.62. The van der Waals surface area contributed by atoms with Crippen LogP contribution < -0.4 is 10.1 Å². The highest BCUT2D eigenvalue weighted by Gasteiger charge is 2.16. The predicted molar refractivity (Wildman–Crippen MR) is 50.9 cm³/mol. The van der Waals surface area contributed by atoms with Crippen LogP contribution in [0.5, 0.6) is 5.75 Å². The fourth-order valence-electron chi connectivity index (χ4n) is 1.28. The summed E-state index contributed by atoms with van der Waals surface area (Å²) in [6.45, 7) is 3.91. The lowest BCUT2D eigenvalue weighted by Gasteiger charge is -2.27. The van der Waals surface area contributed by atoms with Crippen molar-refractivity contribution in [2.45, 2.75) is 19.4 Å². The molecule has 2 heterocycles. The van der Waals surface area contributed by atoms with Gasteiger partial charge in [0.15, 0.2) is 0 Å². The lowest BCUT2D eigenvalue weighted by molar-refractivity contribution is 0.216. The third-order valence-electron chi connectivity index (χ3n) is 2.36. The Morgan fingerprint density at radius 1 is 1.69 bits per heavy atom. The Kier molecular flexibility index (Phi) is 2.45.